The zero-order chi connectivity index (χ0) is 15.0. The van der Waals surface area contributed by atoms with Gasteiger partial charge < -0.3 is 16.0 Å². The number of carbonyl (C=O) groups excluding carboxylic acids is 1. The van der Waals surface area contributed by atoms with Gasteiger partial charge >= 0.3 is 5.69 Å². The Morgan fingerprint density at radius 3 is 3.00 bits per heavy atom. The van der Waals surface area contributed by atoms with Crippen LogP contribution in [-0.2, 0) is 4.79 Å². The maximum atomic E-state index is 11.4. The monoisotopic (exact) mass is 292 g/mol. The van der Waals surface area contributed by atoms with Gasteiger partial charge in [-0.1, -0.05) is 0 Å². The zero-order valence-electron chi connectivity index (χ0n) is 11.4. The van der Waals surface area contributed by atoms with E-state index in [1.165, 1.54) is 6.33 Å². The molecule has 0 radical (unpaired) electrons. The van der Waals surface area contributed by atoms with Gasteiger partial charge in [0.15, 0.2) is 0 Å². The number of amides is 1. The summed E-state index contributed by atoms with van der Waals surface area (Å²) in [5.41, 5.74) is 5.36. The first-order chi connectivity index (χ1) is 10.1. The summed E-state index contributed by atoms with van der Waals surface area (Å²) in [5.74, 6) is 0.515. The molecule has 0 spiro atoms. The number of aromatic nitrogens is 2. The van der Waals surface area contributed by atoms with Crippen molar-refractivity contribution < 1.29 is 9.72 Å². The highest BCUT2D eigenvalue weighted by Gasteiger charge is 2.36. The molecule has 21 heavy (non-hydrogen) atoms. The van der Waals surface area contributed by atoms with Crippen molar-refractivity contribution in [3.05, 3.63) is 16.4 Å². The predicted molar refractivity (Wildman–Crippen MR) is 74.6 cm³/mol. The van der Waals surface area contributed by atoms with Crippen LogP contribution in [0.2, 0.25) is 0 Å². The van der Waals surface area contributed by atoms with E-state index in [9.17, 15) is 14.9 Å². The fourth-order valence-electron chi connectivity index (χ4n) is 3.09. The fraction of sp³-hybridized carbons (Fsp3) is 0.583. The van der Waals surface area contributed by atoms with Gasteiger partial charge in [0.1, 0.15) is 6.33 Å². The number of nitro groups is 1. The Morgan fingerprint density at radius 2 is 2.24 bits per heavy atom. The number of nitrogens with one attached hydrogen (secondary N) is 1. The van der Waals surface area contributed by atoms with Crippen molar-refractivity contribution in [2.24, 2.45) is 5.92 Å². The first-order valence-electron chi connectivity index (χ1n) is 6.85. The third-order valence-electron chi connectivity index (χ3n) is 4.14. The molecule has 3 heterocycles. The normalized spacial score (nSPS) is 25.1. The van der Waals surface area contributed by atoms with Gasteiger partial charge in [-0.05, 0) is 18.8 Å². The van der Waals surface area contributed by atoms with E-state index in [4.69, 9.17) is 5.73 Å². The van der Waals surface area contributed by atoms with Gasteiger partial charge in [0.2, 0.25) is 17.5 Å². The van der Waals surface area contributed by atoms with Crippen molar-refractivity contribution in [1.29, 1.82) is 0 Å². The minimum atomic E-state index is -0.542. The number of fused-ring (bicyclic) bond motifs is 1. The average molecular weight is 292 g/mol. The van der Waals surface area contributed by atoms with Crippen LogP contribution >= 0.6 is 0 Å². The molecule has 2 unspecified atom stereocenters. The molecule has 2 fully saturated rings. The standard InChI is InChI=1S/C12H16N6O3/c13-11-10(18(20)21)12(15-6-14-11)17-4-3-8-7(5-17)1-2-9(19)16-8/h6-8H,1-5H2,(H,16,19)(H2,13,14,15). The lowest BCUT2D eigenvalue weighted by atomic mass is 9.85. The molecule has 9 heteroatoms. The van der Waals surface area contributed by atoms with Gasteiger partial charge in [0, 0.05) is 25.6 Å². The van der Waals surface area contributed by atoms with Gasteiger partial charge in [-0.15, -0.1) is 0 Å². The number of rotatable bonds is 2. The molecule has 0 bridgehead atoms. The highest BCUT2D eigenvalue weighted by Crippen LogP contribution is 2.34. The summed E-state index contributed by atoms with van der Waals surface area (Å²) in [6.45, 7) is 1.22. The van der Waals surface area contributed by atoms with E-state index in [1.807, 2.05) is 4.90 Å². The van der Waals surface area contributed by atoms with E-state index >= 15 is 0 Å². The minimum Gasteiger partial charge on any atom is -0.378 e. The topological polar surface area (TPSA) is 127 Å². The largest absolute Gasteiger partial charge is 0.378 e. The lowest BCUT2D eigenvalue weighted by molar-refractivity contribution is -0.383. The molecule has 3 N–H and O–H groups in total. The summed E-state index contributed by atoms with van der Waals surface area (Å²) in [6.07, 6.45) is 3.29. The van der Waals surface area contributed by atoms with Crippen molar-refractivity contribution >= 4 is 23.2 Å². The van der Waals surface area contributed by atoms with Gasteiger partial charge in [0.05, 0.1) is 4.92 Å². The number of nitrogens with zero attached hydrogens (tertiary/aromatic N) is 4. The van der Waals surface area contributed by atoms with E-state index < -0.39 is 4.92 Å². The Kier molecular flexibility index (Phi) is 3.32. The Bertz CT molecular complexity index is 592. The van der Waals surface area contributed by atoms with Crippen LogP contribution in [0.4, 0.5) is 17.3 Å². The fourth-order valence-corrected chi connectivity index (χ4v) is 3.09. The molecule has 1 aromatic rings. The summed E-state index contributed by atoms with van der Waals surface area (Å²) >= 11 is 0. The highest BCUT2D eigenvalue weighted by atomic mass is 16.6. The van der Waals surface area contributed by atoms with Crippen molar-refractivity contribution in [3.63, 3.8) is 0 Å². The molecule has 9 nitrogen and oxygen atoms in total. The number of carbonyl (C=O) groups is 1. The molecule has 3 rings (SSSR count). The third-order valence-corrected chi connectivity index (χ3v) is 4.14. The van der Waals surface area contributed by atoms with E-state index in [1.54, 1.807) is 0 Å². The number of nitrogen functional groups attached to an aromatic ring is 1. The second-order valence-corrected chi connectivity index (χ2v) is 5.40. The summed E-state index contributed by atoms with van der Waals surface area (Å²) in [7, 11) is 0. The van der Waals surface area contributed by atoms with E-state index in [2.05, 4.69) is 15.3 Å². The second kappa shape index (κ2) is 5.15. The van der Waals surface area contributed by atoms with Crippen LogP contribution in [0.5, 0.6) is 0 Å². The Labute approximate surface area is 120 Å². The van der Waals surface area contributed by atoms with Gasteiger partial charge in [-0.2, -0.15) is 0 Å². The van der Waals surface area contributed by atoms with Crippen LogP contribution < -0.4 is 16.0 Å². The van der Waals surface area contributed by atoms with E-state index in [0.29, 0.717) is 19.5 Å². The van der Waals surface area contributed by atoms with Crippen molar-refractivity contribution in [2.45, 2.75) is 25.3 Å². The Balaban J connectivity index is 1.85. The maximum Gasteiger partial charge on any atom is 0.353 e. The smallest absolute Gasteiger partial charge is 0.353 e. The number of hydrogen-bond acceptors (Lipinski definition) is 7. The molecule has 0 aromatic carbocycles. The van der Waals surface area contributed by atoms with Crippen LogP contribution in [0.3, 0.4) is 0 Å². The number of anilines is 2. The van der Waals surface area contributed by atoms with E-state index in [-0.39, 0.29) is 35.2 Å². The van der Waals surface area contributed by atoms with Gasteiger partial charge in [-0.25, -0.2) is 9.97 Å². The molecule has 112 valence electrons. The molecular formula is C12H16N6O3. The highest BCUT2D eigenvalue weighted by molar-refractivity contribution is 5.77. The quantitative estimate of drug-likeness (QED) is 0.583. The number of piperidine rings is 2. The van der Waals surface area contributed by atoms with Crippen LogP contribution in [0.1, 0.15) is 19.3 Å². The summed E-state index contributed by atoms with van der Waals surface area (Å²) in [4.78, 5) is 31.6. The lowest BCUT2D eigenvalue weighted by Gasteiger charge is -2.41. The summed E-state index contributed by atoms with van der Waals surface area (Å²) in [6, 6.07) is 0.153. The molecule has 2 saturated heterocycles. The van der Waals surface area contributed by atoms with Crippen LogP contribution in [0, 0.1) is 16.0 Å². The molecule has 0 saturated carbocycles. The average Bonchev–Trinajstić information content (AvgIpc) is 2.46. The van der Waals surface area contributed by atoms with Crippen LogP contribution in [0.25, 0.3) is 0 Å². The first kappa shape index (κ1) is 13.5. The first-order valence-corrected chi connectivity index (χ1v) is 6.85. The van der Waals surface area contributed by atoms with E-state index in [0.717, 1.165) is 12.8 Å². The Morgan fingerprint density at radius 1 is 1.43 bits per heavy atom. The summed E-state index contributed by atoms with van der Waals surface area (Å²) in [5, 5.41) is 14.2. The number of nitrogens with two attached hydrogens (primary N) is 1. The lowest BCUT2D eigenvalue weighted by Crippen LogP contribution is -2.54. The molecule has 2 aliphatic rings. The van der Waals surface area contributed by atoms with Gasteiger partial charge in [-0.3, -0.25) is 14.9 Å². The SMILES string of the molecule is Nc1ncnc(N2CCC3NC(=O)CCC3C2)c1[N+](=O)[O-]. The van der Waals surface area contributed by atoms with Crippen molar-refractivity contribution in [2.75, 3.05) is 23.7 Å². The van der Waals surface area contributed by atoms with Crippen molar-refractivity contribution in [3.8, 4) is 0 Å². The maximum absolute atomic E-state index is 11.4. The summed E-state index contributed by atoms with van der Waals surface area (Å²) < 4.78 is 0. The zero-order valence-corrected chi connectivity index (χ0v) is 11.4. The third kappa shape index (κ3) is 2.46. The van der Waals surface area contributed by atoms with Crippen molar-refractivity contribution in [1.82, 2.24) is 15.3 Å². The van der Waals surface area contributed by atoms with Crippen LogP contribution in [0.15, 0.2) is 6.33 Å². The molecular weight excluding hydrogens is 276 g/mol. The minimum absolute atomic E-state index is 0.0851. The molecule has 2 atom stereocenters. The Hall–Kier alpha value is -2.45. The van der Waals surface area contributed by atoms with Crippen LogP contribution in [-0.4, -0.2) is 39.9 Å². The van der Waals surface area contributed by atoms with Gasteiger partial charge in [0.25, 0.3) is 0 Å². The number of hydrogen-bond donors (Lipinski definition) is 2. The second-order valence-electron chi connectivity index (χ2n) is 5.40. The molecule has 1 amide bonds. The molecule has 0 aliphatic carbocycles. The molecule has 2 aliphatic heterocycles. The molecule has 1 aromatic heterocycles. The predicted octanol–water partition coefficient (Wildman–Crippen LogP) is 0.0719.